The molecule has 25 heavy (non-hydrogen) atoms. The minimum absolute atomic E-state index is 0.0558. The van der Waals surface area contributed by atoms with Crippen molar-refractivity contribution in [3.05, 3.63) is 33.9 Å². The molecule has 1 aromatic heterocycles. The molecule has 3 N–H and O–H groups in total. The summed E-state index contributed by atoms with van der Waals surface area (Å²) in [6.07, 6.45) is 1.53. The molecular weight excluding hydrogens is 329 g/mol. The number of aromatic carboxylic acids is 1. The average Bonchev–Trinajstić information content (AvgIpc) is 3.40. The van der Waals surface area contributed by atoms with Crippen LogP contribution in [0.5, 0.6) is 5.75 Å². The quantitative estimate of drug-likeness (QED) is 0.774. The first-order valence-electron chi connectivity index (χ1n) is 8.28. The molecule has 0 unspecified atom stereocenters. The summed E-state index contributed by atoms with van der Waals surface area (Å²) in [5.74, 6) is -2.72. The SMILES string of the molecule is O=C(O)c1c(O)c2cc(F)c(N3CCNCC3)cc2n(C2CC2)c1=O. The molecule has 2 aliphatic rings. The molecule has 1 aliphatic heterocycles. The molecule has 4 rings (SSSR count). The second kappa shape index (κ2) is 5.73. The summed E-state index contributed by atoms with van der Waals surface area (Å²) in [5, 5.41) is 22.8. The number of hydrogen-bond acceptors (Lipinski definition) is 5. The Bertz CT molecular complexity index is 930. The number of fused-ring (bicyclic) bond motifs is 1. The van der Waals surface area contributed by atoms with E-state index in [1.165, 1.54) is 4.57 Å². The Morgan fingerprint density at radius 2 is 1.92 bits per heavy atom. The van der Waals surface area contributed by atoms with E-state index in [0.29, 0.717) is 24.3 Å². The van der Waals surface area contributed by atoms with Gasteiger partial charge >= 0.3 is 5.97 Å². The number of pyridine rings is 1. The Kier molecular flexibility index (Phi) is 3.64. The standard InChI is InChI=1S/C17H18FN3O4/c18-11-7-10-12(8-13(11)20-5-3-19-4-6-20)21(9-1-2-9)16(23)14(15(10)22)17(24)25/h7-9,19,22H,1-6H2,(H,24,25). The van der Waals surface area contributed by atoms with Gasteiger partial charge in [0.1, 0.15) is 11.6 Å². The summed E-state index contributed by atoms with van der Waals surface area (Å²) in [5.41, 5.74) is -0.693. The van der Waals surface area contributed by atoms with Gasteiger partial charge in [0.05, 0.1) is 11.2 Å². The number of aromatic nitrogens is 1. The minimum Gasteiger partial charge on any atom is -0.506 e. The second-order valence-corrected chi connectivity index (χ2v) is 6.49. The molecule has 132 valence electrons. The highest BCUT2D eigenvalue weighted by Gasteiger charge is 2.32. The van der Waals surface area contributed by atoms with Crippen molar-refractivity contribution in [2.45, 2.75) is 18.9 Å². The van der Waals surface area contributed by atoms with E-state index in [2.05, 4.69) is 5.32 Å². The Balaban J connectivity index is 2.00. The number of piperazine rings is 1. The van der Waals surface area contributed by atoms with Gasteiger partial charge in [-0.1, -0.05) is 0 Å². The number of anilines is 1. The van der Waals surface area contributed by atoms with Gasteiger partial charge in [-0.3, -0.25) is 4.79 Å². The zero-order chi connectivity index (χ0) is 17.7. The summed E-state index contributed by atoms with van der Waals surface area (Å²) in [7, 11) is 0. The van der Waals surface area contributed by atoms with E-state index in [1.807, 2.05) is 4.90 Å². The summed E-state index contributed by atoms with van der Waals surface area (Å²) in [4.78, 5) is 25.9. The van der Waals surface area contributed by atoms with Gasteiger partial charge in [-0.2, -0.15) is 0 Å². The van der Waals surface area contributed by atoms with Crippen LogP contribution in [0.25, 0.3) is 10.9 Å². The largest absolute Gasteiger partial charge is 0.506 e. The van der Waals surface area contributed by atoms with E-state index >= 15 is 0 Å². The predicted molar refractivity (Wildman–Crippen MR) is 90.1 cm³/mol. The van der Waals surface area contributed by atoms with Crippen LogP contribution in [0.1, 0.15) is 29.2 Å². The van der Waals surface area contributed by atoms with Gasteiger partial charge in [-0.05, 0) is 25.0 Å². The maximum atomic E-state index is 14.7. The number of carbonyl (C=O) groups is 1. The number of hydrogen-bond donors (Lipinski definition) is 3. The molecule has 1 aromatic carbocycles. The molecule has 0 spiro atoms. The predicted octanol–water partition coefficient (Wildman–Crippen LogP) is 1.29. The first-order valence-corrected chi connectivity index (χ1v) is 8.28. The van der Waals surface area contributed by atoms with Gasteiger partial charge in [0.25, 0.3) is 5.56 Å². The van der Waals surface area contributed by atoms with E-state index in [0.717, 1.165) is 32.0 Å². The molecule has 0 atom stereocenters. The van der Waals surface area contributed by atoms with Crippen LogP contribution in [-0.4, -0.2) is 46.9 Å². The average molecular weight is 347 g/mol. The monoisotopic (exact) mass is 347 g/mol. The van der Waals surface area contributed by atoms with E-state index in [9.17, 15) is 24.2 Å². The lowest BCUT2D eigenvalue weighted by Crippen LogP contribution is -2.43. The van der Waals surface area contributed by atoms with Crippen molar-refractivity contribution < 1.29 is 19.4 Å². The van der Waals surface area contributed by atoms with Crippen LogP contribution < -0.4 is 15.8 Å². The molecule has 1 aliphatic carbocycles. The highest BCUT2D eigenvalue weighted by Crippen LogP contribution is 2.40. The number of carboxylic acid groups (broad SMARTS) is 1. The van der Waals surface area contributed by atoms with Crippen molar-refractivity contribution in [1.82, 2.24) is 9.88 Å². The third-order valence-electron chi connectivity index (χ3n) is 4.83. The van der Waals surface area contributed by atoms with Crippen molar-refractivity contribution in [3.63, 3.8) is 0 Å². The van der Waals surface area contributed by atoms with E-state index in [1.54, 1.807) is 6.07 Å². The Hall–Kier alpha value is -2.61. The van der Waals surface area contributed by atoms with E-state index in [-0.39, 0.29) is 11.4 Å². The lowest BCUT2D eigenvalue weighted by molar-refractivity contribution is 0.0691. The lowest BCUT2D eigenvalue weighted by Gasteiger charge is -2.30. The van der Waals surface area contributed by atoms with Gasteiger partial charge in [-0.15, -0.1) is 0 Å². The van der Waals surface area contributed by atoms with Crippen LogP contribution in [0.2, 0.25) is 0 Å². The van der Waals surface area contributed by atoms with Crippen LogP contribution in [0.4, 0.5) is 10.1 Å². The van der Waals surface area contributed by atoms with Crippen LogP contribution in [0, 0.1) is 5.82 Å². The molecule has 1 saturated carbocycles. The minimum atomic E-state index is -1.51. The zero-order valence-electron chi connectivity index (χ0n) is 13.5. The molecule has 8 heteroatoms. The molecule has 0 amide bonds. The van der Waals surface area contributed by atoms with Crippen molar-refractivity contribution >= 4 is 22.6 Å². The van der Waals surface area contributed by atoms with E-state index < -0.39 is 28.7 Å². The number of rotatable bonds is 3. The normalized spacial score (nSPS) is 17.9. The number of nitrogens with zero attached hydrogens (tertiary/aromatic N) is 2. The zero-order valence-corrected chi connectivity index (χ0v) is 13.5. The number of aromatic hydroxyl groups is 1. The molecule has 0 bridgehead atoms. The summed E-state index contributed by atoms with van der Waals surface area (Å²) < 4.78 is 16.1. The van der Waals surface area contributed by atoms with Crippen molar-refractivity contribution in [2.24, 2.45) is 0 Å². The highest BCUT2D eigenvalue weighted by molar-refractivity contribution is 5.99. The summed E-state index contributed by atoms with van der Waals surface area (Å²) >= 11 is 0. The fraction of sp³-hybridized carbons (Fsp3) is 0.412. The molecule has 2 fully saturated rings. The Labute approximate surface area is 142 Å². The maximum absolute atomic E-state index is 14.7. The highest BCUT2D eigenvalue weighted by atomic mass is 19.1. The van der Waals surface area contributed by atoms with Crippen molar-refractivity contribution in [3.8, 4) is 5.75 Å². The molecule has 2 aromatic rings. The van der Waals surface area contributed by atoms with E-state index in [4.69, 9.17) is 0 Å². The maximum Gasteiger partial charge on any atom is 0.345 e. The van der Waals surface area contributed by atoms with Crippen molar-refractivity contribution in [1.29, 1.82) is 0 Å². The van der Waals surface area contributed by atoms with Crippen LogP contribution >= 0.6 is 0 Å². The first kappa shape index (κ1) is 15.9. The number of carboxylic acids is 1. The van der Waals surface area contributed by atoms with Crippen LogP contribution in [-0.2, 0) is 0 Å². The van der Waals surface area contributed by atoms with Gasteiger partial charge in [0.2, 0.25) is 0 Å². The summed E-state index contributed by atoms with van der Waals surface area (Å²) in [6, 6.07) is 2.59. The first-order chi connectivity index (χ1) is 12.0. The molecule has 1 saturated heterocycles. The number of nitrogens with one attached hydrogen (secondary N) is 1. The molecular formula is C17H18FN3O4. The smallest absolute Gasteiger partial charge is 0.345 e. The topological polar surface area (TPSA) is 94.8 Å². The van der Waals surface area contributed by atoms with Crippen LogP contribution in [0.15, 0.2) is 16.9 Å². The van der Waals surface area contributed by atoms with Crippen LogP contribution in [0.3, 0.4) is 0 Å². The number of benzene rings is 1. The third kappa shape index (κ3) is 2.53. The fourth-order valence-electron chi connectivity index (χ4n) is 3.44. The fourth-order valence-corrected chi connectivity index (χ4v) is 3.44. The molecule has 7 nitrogen and oxygen atoms in total. The second-order valence-electron chi connectivity index (χ2n) is 6.49. The third-order valence-corrected chi connectivity index (χ3v) is 4.83. The number of halogens is 1. The van der Waals surface area contributed by atoms with Crippen molar-refractivity contribution in [2.75, 3.05) is 31.1 Å². The Morgan fingerprint density at radius 1 is 1.24 bits per heavy atom. The molecule has 2 heterocycles. The molecule has 0 radical (unpaired) electrons. The summed E-state index contributed by atoms with van der Waals surface area (Å²) in [6.45, 7) is 2.73. The van der Waals surface area contributed by atoms with Gasteiger partial charge in [-0.25, -0.2) is 9.18 Å². The Morgan fingerprint density at radius 3 is 2.52 bits per heavy atom. The lowest BCUT2D eigenvalue weighted by atomic mass is 10.1. The van der Waals surface area contributed by atoms with Gasteiger partial charge in [0.15, 0.2) is 5.56 Å². The van der Waals surface area contributed by atoms with Gasteiger partial charge in [0, 0.05) is 37.6 Å². The van der Waals surface area contributed by atoms with Gasteiger partial charge < -0.3 is 25.0 Å².